The lowest BCUT2D eigenvalue weighted by atomic mass is 10.2. The Balaban J connectivity index is 3.88. The average molecular weight is 282 g/mol. The summed E-state index contributed by atoms with van der Waals surface area (Å²) in [6.45, 7) is 1.51. The highest BCUT2D eigenvalue weighted by Crippen LogP contribution is 1.91. The van der Waals surface area contributed by atoms with E-state index in [4.69, 9.17) is 10.2 Å². The first-order valence-electron chi connectivity index (χ1n) is 5.25. The number of carbonyl (C=O) groups excluding carboxylic acids is 1. The van der Waals surface area contributed by atoms with Crippen LogP contribution < -0.4 is 10.6 Å². The van der Waals surface area contributed by atoms with Gasteiger partial charge in [-0.1, -0.05) is 0 Å². The van der Waals surface area contributed by atoms with Crippen LogP contribution in [0, 0.1) is 0 Å². The number of aliphatic hydroxyl groups excluding tert-OH is 1. The van der Waals surface area contributed by atoms with Gasteiger partial charge in [0.05, 0.1) is 5.75 Å². The molecule has 0 spiro atoms. The van der Waals surface area contributed by atoms with Crippen LogP contribution in [-0.2, 0) is 14.6 Å². The quantitative estimate of drug-likeness (QED) is 0.452. The molecule has 9 heteroatoms. The molecule has 0 heterocycles. The molecule has 18 heavy (non-hydrogen) atoms. The van der Waals surface area contributed by atoms with Crippen molar-refractivity contribution in [1.82, 2.24) is 10.6 Å². The summed E-state index contributed by atoms with van der Waals surface area (Å²) >= 11 is 0. The molecule has 0 fully saturated rings. The van der Waals surface area contributed by atoms with Crippen LogP contribution in [0.1, 0.15) is 13.3 Å². The Morgan fingerprint density at radius 2 is 1.89 bits per heavy atom. The van der Waals surface area contributed by atoms with E-state index in [-0.39, 0.29) is 18.7 Å². The van der Waals surface area contributed by atoms with E-state index in [0.29, 0.717) is 0 Å². The van der Waals surface area contributed by atoms with Crippen LogP contribution in [0.15, 0.2) is 0 Å². The number of rotatable bonds is 7. The van der Waals surface area contributed by atoms with Gasteiger partial charge < -0.3 is 20.8 Å². The molecule has 4 N–H and O–H groups in total. The Bertz CT molecular complexity index is 394. The van der Waals surface area contributed by atoms with Gasteiger partial charge in [-0.25, -0.2) is 18.0 Å². The zero-order valence-corrected chi connectivity index (χ0v) is 11.0. The van der Waals surface area contributed by atoms with Gasteiger partial charge in [-0.3, -0.25) is 0 Å². The zero-order valence-electron chi connectivity index (χ0n) is 10.2. The first-order valence-corrected chi connectivity index (χ1v) is 7.31. The molecule has 2 amide bonds. The van der Waals surface area contributed by atoms with E-state index in [1.165, 1.54) is 6.92 Å². The van der Waals surface area contributed by atoms with Crippen molar-refractivity contribution >= 4 is 21.8 Å². The number of aliphatic carboxylic acids is 1. The second-order valence-electron chi connectivity index (χ2n) is 4.04. The van der Waals surface area contributed by atoms with Crippen molar-refractivity contribution in [3.05, 3.63) is 0 Å². The van der Waals surface area contributed by atoms with E-state index in [1.807, 2.05) is 0 Å². The number of hydrogen-bond acceptors (Lipinski definition) is 5. The molecule has 0 aromatic rings. The number of sulfone groups is 1. The van der Waals surface area contributed by atoms with E-state index in [0.717, 1.165) is 6.26 Å². The summed E-state index contributed by atoms with van der Waals surface area (Å²) < 4.78 is 21.9. The van der Waals surface area contributed by atoms with Crippen LogP contribution in [0.2, 0.25) is 0 Å². The van der Waals surface area contributed by atoms with Gasteiger partial charge >= 0.3 is 12.0 Å². The Hall–Kier alpha value is -1.35. The molecular formula is C9H18N2O6S. The Morgan fingerprint density at radius 1 is 1.33 bits per heavy atom. The number of aliphatic hydroxyl groups is 1. The van der Waals surface area contributed by atoms with Crippen molar-refractivity contribution in [1.29, 1.82) is 0 Å². The SMILES string of the molecule is CC(CS(C)(=O)=O)NC(=O)NCCC(O)C(=O)O. The lowest BCUT2D eigenvalue weighted by molar-refractivity contribution is -0.146. The van der Waals surface area contributed by atoms with Crippen LogP contribution in [-0.4, -0.2) is 61.3 Å². The number of urea groups is 1. The smallest absolute Gasteiger partial charge is 0.332 e. The molecule has 0 aliphatic heterocycles. The Morgan fingerprint density at radius 3 is 2.33 bits per heavy atom. The molecule has 0 aromatic heterocycles. The third kappa shape index (κ3) is 8.76. The predicted molar refractivity (Wildman–Crippen MR) is 64.0 cm³/mol. The van der Waals surface area contributed by atoms with Crippen molar-refractivity contribution in [2.45, 2.75) is 25.5 Å². The van der Waals surface area contributed by atoms with Crippen molar-refractivity contribution in [3.8, 4) is 0 Å². The summed E-state index contributed by atoms with van der Waals surface area (Å²) in [6.07, 6.45) is -0.589. The molecule has 8 nitrogen and oxygen atoms in total. The number of hydrogen-bond donors (Lipinski definition) is 4. The summed E-state index contributed by atoms with van der Waals surface area (Å²) in [5.74, 6) is -1.54. The molecule has 2 unspecified atom stereocenters. The second kappa shape index (κ2) is 7.17. The number of amides is 2. The molecule has 2 atom stereocenters. The summed E-state index contributed by atoms with van der Waals surface area (Å²) in [5.41, 5.74) is 0. The summed E-state index contributed by atoms with van der Waals surface area (Å²) in [5, 5.41) is 22.0. The molecule has 0 rings (SSSR count). The lowest BCUT2D eigenvalue weighted by Gasteiger charge is -2.14. The average Bonchev–Trinajstić information content (AvgIpc) is 2.13. The van der Waals surface area contributed by atoms with Gasteiger partial charge in [-0.15, -0.1) is 0 Å². The summed E-state index contributed by atoms with van der Waals surface area (Å²) in [4.78, 5) is 21.5. The highest BCUT2D eigenvalue weighted by molar-refractivity contribution is 7.90. The highest BCUT2D eigenvalue weighted by Gasteiger charge is 2.15. The minimum atomic E-state index is -3.17. The fourth-order valence-electron chi connectivity index (χ4n) is 1.22. The maximum atomic E-state index is 11.2. The molecule has 0 saturated heterocycles. The Labute approximate surface area is 105 Å². The molecule has 106 valence electrons. The van der Waals surface area contributed by atoms with E-state index >= 15 is 0 Å². The highest BCUT2D eigenvalue weighted by atomic mass is 32.2. The third-order valence-corrected chi connectivity index (χ3v) is 3.02. The molecule has 0 aromatic carbocycles. The maximum absolute atomic E-state index is 11.2. The minimum absolute atomic E-state index is 0.0229. The van der Waals surface area contributed by atoms with Crippen LogP contribution >= 0.6 is 0 Å². The van der Waals surface area contributed by atoms with E-state index in [2.05, 4.69) is 10.6 Å². The first kappa shape index (κ1) is 16.6. The predicted octanol–water partition coefficient (Wildman–Crippen LogP) is -1.45. The van der Waals surface area contributed by atoms with Gasteiger partial charge in [0.25, 0.3) is 0 Å². The van der Waals surface area contributed by atoms with Crippen LogP contribution in [0.25, 0.3) is 0 Å². The normalized spacial score (nSPS) is 14.6. The van der Waals surface area contributed by atoms with Crippen molar-refractivity contribution in [2.24, 2.45) is 0 Å². The van der Waals surface area contributed by atoms with Gasteiger partial charge in [0.2, 0.25) is 0 Å². The van der Waals surface area contributed by atoms with Crippen LogP contribution in [0.4, 0.5) is 4.79 Å². The second-order valence-corrected chi connectivity index (χ2v) is 6.22. The first-order chi connectivity index (χ1) is 8.11. The molecule has 0 aliphatic rings. The van der Waals surface area contributed by atoms with Gasteiger partial charge in [0, 0.05) is 25.3 Å². The molecule has 0 radical (unpaired) electrons. The van der Waals surface area contributed by atoms with Crippen molar-refractivity contribution < 1.29 is 28.2 Å². The van der Waals surface area contributed by atoms with Gasteiger partial charge in [-0.2, -0.15) is 0 Å². The largest absolute Gasteiger partial charge is 0.479 e. The molecule has 0 aliphatic carbocycles. The molecule has 0 bridgehead atoms. The van der Waals surface area contributed by atoms with Crippen molar-refractivity contribution in [2.75, 3.05) is 18.6 Å². The van der Waals surface area contributed by atoms with E-state index in [1.54, 1.807) is 0 Å². The molecule has 0 saturated carbocycles. The van der Waals surface area contributed by atoms with Gasteiger partial charge in [0.15, 0.2) is 6.10 Å². The third-order valence-electron chi connectivity index (χ3n) is 1.92. The summed E-state index contributed by atoms with van der Waals surface area (Å²) in [7, 11) is -3.17. The topological polar surface area (TPSA) is 133 Å². The van der Waals surface area contributed by atoms with Gasteiger partial charge in [-0.05, 0) is 6.92 Å². The maximum Gasteiger partial charge on any atom is 0.332 e. The monoisotopic (exact) mass is 282 g/mol. The van der Waals surface area contributed by atoms with E-state index in [9.17, 15) is 18.0 Å². The van der Waals surface area contributed by atoms with E-state index < -0.39 is 34.0 Å². The summed E-state index contributed by atoms with van der Waals surface area (Å²) in [6, 6.07) is -1.16. The van der Waals surface area contributed by atoms with Crippen LogP contribution in [0.5, 0.6) is 0 Å². The zero-order chi connectivity index (χ0) is 14.3. The number of carboxylic acid groups (broad SMARTS) is 1. The number of carbonyl (C=O) groups is 2. The van der Waals surface area contributed by atoms with Crippen LogP contribution in [0.3, 0.4) is 0 Å². The van der Waals surface area contributed by atoms with Gasteiger partial charge in [0.1, 0.15) is 9.84 Å². The Kier molecular flexibility index (Phi) is 6.63. The standard InChI is InChI=1S/C9H18N2O6S/c1-6(5-18(2,16)17)11-9(15)10-4-3-7(12)8(13)14/h6-7,12H,3-5H2,1-2H3,(H,13,14)(H2,10,11,15). The van der Waals surface area contributed by atoms with Crippen molar-refractivity contribution in [3.63, 3.8) is 0 Å². The molecular weight excluding hydrogens is 264 g/mol. The fraction of sp³-hybridized carbons (Fsp3) is 0.778. The minimum Gasteiger partial charge on any atom is -0.479 e. The number of carboxylic acids is 1. The number of nitrogens with one attached hydrogen (secondary N) is 2. The fourth-order valence-corrected chi connectivity index (χ4v) is 2.21. The lowest BCUT2D eigenvalue weighted by Crippen LogP contribution is -2.44.